The molecule has 1 saturated heterocycles. The van der Waals surface area contributed by atoms with Crippen LogP contribution in [0.3, 0.4) is 0 Å². The van der Waals surface area contributed by atoms with Gasteiger partial charge in [-0.2, -0.15) is 0 Å². The van der Waals surface area contributed by atoms with Gasteiger partial charge in [0.15, 0.2) is 0 Å². The van der Waals surface area contributed by atoms with Crippen LogP contribution in [0.2, 0.25) is 0 Å². The van der Waals surface area contributed by atoms with E-state index in [1.807, 2.05) is 31.2 Å². The Kier molecular flexibility index (Phi) is 5.22. The first-order valence-corrected chi connectivity index (χ1v) is 9.66. The number of aryl methyl sites for hydroxylation is 1. The van der Waals surface area contributed by atoms with Crippen LogP contribution in [0, 0.1) is 11.7 Å². The van der Waals surface area contributed by atoms with Crippen LogP contribution in [-0.2, 0) is 24.2 Å². The summed E-state index contributed by atoms with van der Waals surface area (Å²) in [6.45, 7) is 3.89. The number of rotatable bonds is 6. The highest BCUT2D eigenvalue weighted by Crippen LogP contribution is 2.33. The first kappa shape index (κ1) is 18.7. The minimum absolute atomic E-state index is 0.182. The van der Waals surface area contributed by atoms with E-state index in [4.69, 9.17) is 14.6 Å². The number of aliphatic carboxylic acids is 1. The van der Waals surface area contributed by atoms with Crippen molar-refractivity contribution in [3.63, 3.8) is 0 Å². The van der Waals surface area contributed by atoms with Gasteiger partial charge in [0, 0.05) is 30.8 Å². The van der Waals surface area contributed by atoms with Crippen LogP contribution in [0.15, 0.2) is 36.4 Å². The molecule has 0 radical (unpaired) electrons. The minimum Gasteiger partial charge on any atom is -0.492 e. The van der Waals surface area contributed by atoms with Gasteiger partial charge < -0.3 is 14.6 Å². The fourth-order valence-electron chi connectivity index (χ4n) is 3.88. The molecule has 1 fully saturated rings. The summed E-state index contributed by atoms with van der Waals surface area (Å²) in [5, 5.41) is 9.03. The molecule has 0 amide bonds. The molecule has 1 unspecified atom stereocenters. The molecule has 0 bridgehead atoms. The van der Waals surface area contributed by atoms with Crippen LogP contribution in [-0.4, -0.2) is 41.7 Å². The third-order valence-corrected chi connectivity index (χ3v) is 5.68. The Morgan fingerprint density at radius 3 is 2.89 bits per heavy atom. The van der Waals surface area contributed by atoms with Gasteiger partial charge in [-0.05, 0) is 36.1 Å². The van der Waals surface area contributed by atoms with Crippen molar-refractivity contribution in [2.45, 2.75) is 32.4 Å². The van der Waals surface area contributed by atoms with E-state index >= 15 is 0 Å². The first-order valence-electron chi connectivity index (χ1n) is 9.66. The lowest BCUT2D eigenvalue weighted by atomic mass is 9.93. The molecule has 2 aliphatic rings. The molecule has 0 saturated carbocycles. The standard InChI is InChI=1S/C22H24FNO4/c1-2-14-4-3-5-20(23)19(14)13-27-18-7-6-15-8-17(12-28-21(15)9-18)24-10-16(11-24)22(25)26/h3-7,9,16-17H,2,8,10-13H2,1H3,(H,25,26). The van der Waals surface area contributed by atoms with Crippen molar-refractivity contribution in [2.75, 3.05) is 19.7 Å². The molecule has 0 aromatic heterocycles. The predicted molar refractivity (Wildman–Crippen MR) is 102 cm³/mol. The number of carboxylic acid groups (broad SMARTS) is 1. The summed E-state index contributed by atoms with van der Waals surface area (Å²) in [4.78, 5) is 13.1. The maximum Gasteiger partial charge on any atom is 0.309 e. The SMILES string of the molecule is CCc1cccc(F)c1COc1ccc2c(c1)OCC(N1CC(C(=O)O)C1)C2. The summed E-state index contributed by atoms with van der Waals surface area (Å²) in [5.74, 6) is 0.205. The summed E-state index contributed by atoms with van der Waals surface area (Å²) >= 11 is 0. The van der Waals surface area contributed by atoms with Crippen molar-refractivity contribution in [3.05, 3.63) is 58.9 Å². The Morgan fingerprint density at radius 1 is 1.32 bits per heavy atom. The Morgan fingerprint density at radius 2 is 2.14 bits per heavy atom. The second-order valence-corrected chi connectivity index (χ2v) is 7.45. The number of nitrogens with zero attached hydrogens (tertiary/aromatic N) is 1. The third kappa shape index (κ3) is 3.69. The number of benzene rings is 2. The van der Waals surface area contributed by atoms with Crippen molar-refractivity contribution in [3.8, 4) is 11.5 Å². The lowest BCUT2D eigenvalue weighted by molar-refractivity contribution is -0.149. The van der Waals surface area contributed by atoms with E-state index in [1.54, 1.807) is 6.07 Å². The lowest BCUT2D eigenvalue weighted by Crippen LogP contribution is -2.57. The number of hydrogen-bond acceptors (Lipinski definition) is 4. The number of fused-ring (bicyclic) bond motifs is 1. The zero-order valence-corrected chi connectivity index (χ0v) is 15.9. The van der Waals surface area contributed by atoms with Gasteiger partial charge in [0.2, 0.25) is 0 Å². The molecule has 1 N–H and O–H groups in total. The van der Waals surface area contributed by atoms with Gasteiger partial charge >= 0.3 is 5.97 Å². The van der Waals surface area contributed by atoms with Crippen molar-refractivity contribution in [2.24, 2.45) is 5.92 Å². The van der Waals surface area contributed by atoms with E-state index in [0.717, 1.165) is 29.7 Å². The Bertz CT molecular complexity index is 879. The predicted octanol–water partition coefficient (Wildman–Crippen LogP) is 3.29. The Hall–Kier alpha value is -2.60. The quantitative estimate of drug-likeness (QED) is 0.827. The second-order valence-electron chi connectivity index (χ2n) is 7.45. The van der Waals surface area contributed by atoms with E-state index in [1.165, 1.54) is 6.07 Å². The van der Waals surface area contributed by atoms with Crippen molar-refractivity contribution in [1.29, 1.82) is 0 Å². The fourth-order valence-corrected chi connectivity index (χ4v) is 3.88. The normalized spacial score (nSPS) is 19.4. The molecule has 2 aromatic carbocycles. The van der Waals surface area contributed by atoms with E-state index in [0.29, 0.717) is 31.0 Å². The van der Waals surface area contributed by atoms with Gasteiger partial charge in [0.25, 0.3) is 0 Å². The van der Waals surface area contributed by atoms with Crippen LogP contribution < -0.4 is 9.47 Å². The minimum atomic E-state index is -0.726. The molecule has 0 aliphatic carbocycles. The molecule has 1 atom stereocenters. The highest BCUT2D eigenvalue weighted by Gasteiger charge is 2.38. The average Bonchev–Trinajstić information content (AvgIpc) is 2.65. The maximum absolute atomic E-state index is 14.1. The molecule has 2 heterocycles. The van der Waals surface area contributed by atoms with Crippen LogP contribution >= 0.6 is 0 Å². The van der Waals surface area contributed by atoms with E-state index in [-0.39, 0.29) is 24.4 Å². The number of carboxylic acids is 1. The van der Waals surface area contributed by atoms with E-state index in [9.17, 15) is 9.18 Å². The molecule has 5 nitrogen and oxygen atoms in total. The fraction of sp³-hybridized carbons (Fsp3) is 0.409. The van der Waals surface area contributed by atoms with E-state index < -0.39 is 5.97 Å². The van der Waals surface area contributed by atoms with Crippen LogP contribution in [0.5, 0.6) is 11.5 Å². The third-order valence-electron chi connectivity index (χ3n) is 5.68. The molecule has 28 heavy (non-hydrogen) atoms. The highest BCUT2D eigenvalue weighted by molar-refractivity contribution is 5.71. The number of likely N-dealkylation sites (tertiary alicyclic amines) is 1. The number of carbonyl (C=O) groups is 1. The number of ether oxygens (including phenoxy) is 2. The molecule has 148 valence electrons. The summed E-state index contributed by atoms with van der Waals surface area (Å²) < 4.78 is 25.8. The number of halogens is 1. The average molecular weight is 385 g/mol. The topological polar surface area (TPSA) is 59.0 Å². The zero-order chi connectivity index (χ0) is 19.7. The lowest BCUT2D eigenvalue weighted by Gasteiger charge is -2.43. The highest BCUT2D eigenvalue weighted by atomic mass is 19.1. The van der Waals surface area contributed by atoms with Crippen LogP contribution in [0.25, 0.3) is 0 Å². The molecular formula is C22H24FNO4. The van der Waals surface area contributed by atoms with Crippen molar-refractivity contribution < 1.29 is 23.8 Å². The van der Waals surface area contributed by atoms with Gasteiger partial charge in [-0.3, -0.25) is 9.69 Å². The largest absolute Gasteiger partial charge is 0.492 e. The monoisotopic (exact) mass is 385 g/mol. The van der Waals surface area contributed by atoms with Crippen molar-refractivity contribution >= 4 is 5.97 Å². The van der Waals surface area contributed by atoms with Gasteiger partial charge in [-0.15, -0.1) is 0 Å². The van der Waals surface area contributed by atoms with Gasteiger partial charge in [-0.25, -0.2) is 4.39 Å². The molecule has 4 rings (SSSR count). The molecule has 2 aliphatic heterocycles. The first-order chi connectivity index (χ1) is 13.5. The number of hydrogen-bond donors (Lipinski definition) is 1. The van der Waals surface area contributed by atoms with Gasteiger partial charge in [0.05, 0.1) is 5.92 Å². The van der Waals surface area contributed by atoms with Crippen molar-refractivity contribution in [1.82, 2.24) is 4.90 Å². The Labute approximate surface area is 163 Å². The summed E-state index contributed by atoms with van der Waals surface area (Å²) in [6.07, 6.45) is 1.58. The summed E-state index contributed by atoms with van der Waals surface area (Å²) in [5.41, 5.74) is 2.63. The molecule has 2 aromatic rings. The van der Waals surface area contributed by atoms with Gasteiger partial charge in [0.1, 0.15) is 30.5 Å². The van der Waals surface area contributed by atoms with E-state index in [2.05, 4.69) is 4.90 Å². The molecule has 0 spiro atoms. The summed E-state index contributed by atoms with van der Waals surface area (Å²) in [7, 11) is 0. The second kappa shape index (κ2) is 7.80. The van der Waals surface area contributed by atoms with Crippen LogP contribution in [0.4, 0.5) is 4.39 Å². The zero-order valence-electron chi connectivity index (χ0n) is 15.9. The molecule has 6 heteroatoms. The smallest absolute Gasteiger partial charge is 0.309 e. The maximum atomic E-state index is 14.1. The van der Waals surface area contributed by atoms with Crippen LogP contribution in [0.1, 0.15) is 23.6 Å². The van der Waals surface area contributed by atoms with Gasteiger partial charge in [-0.1, -0.05) is 25.1 Å². The molecular weight excluding hydrogens is 361 g/mol. The Balaban J connectivity index is 1.39. The summed E-state index contributed by atoms with van der Waals surface area (Å²) in [6, 6.07) is 11.0.